The van der Waals surface area contributed by atoms with Crippen LogP contribution in [0.5, 0.6) is 23.0 Å². The first-order chi connectivity index (χ1) is 21.1. The molecule has 6 rings (SSSR count). The minimum atomic E-state index is 0.624. The van der Waals surface area contributed by atoms with Crippen molar-refractivity contribution in [3.63, 3.8) is 0 Å². The molecule has 8 heteroatoms. The van der Waals surface area contributed by atoms with Crippen molar-refractivity contribution in [2.75, 3.05) is 46.8 Å². The van der Waals surface area contributed by atoms with E-state index in [9.17, 15) is 0 Å². The fourth-order valence-corrected chi connectivity index (χ4v) is 5.58. The standard InChI is InChI=1S/C35H36N4O4/c1-40-30-18-25-15-17-39(22-26(25)19-31(30)41-2)16-14-23-10-12-27(13-11-23)36-35-28-20-32(42-3)33(43-4)21-29(28)37-34(38-35)24-8-6-5-7-9-24/h5-13,18-21H,14-17,22H2,1-4H3,(H,36,37,38). The highest BCUT2D eigenvalue weighted by molar-refractivity contribution is 5.94. The number of nitrogens with zero attached hydrogens (tertiary/aromatic N) is 3. The summed E-state index contributed by atoms with van der Waals surface area (Å²) in [7, 11) is 6.63. The molecule has 5 aromatic rings. The van der Waals surface area contributed by atoms with Gasteiger partial charge in [-0.25, -0.2) is 9.97 Å². The van der Waals surface area contributed by atoms with Crippen molar-refractivity contribution in [1.82, 2.24) is 14.9 Å². The summed E-state index contributed by atoms with van der Waals surface area (Å²) in [6.45, 7) is 2.92. The first-order valence-corrected chi connectivity index (χ1v) is 14.4. The number of hydrogen-bond acceptors (Lipinski definition) is 8. The molecular weight excluding hydrogens is 540 g/mol. The largest absolute Gasteiger partial charge is 0.493 e. The Kier molecular flexibility index (Phi) is 8.29. The van der Waals surface area contributed by atoms with Crippen LogP contribution in [0.3, 0.4) is 0 Å². The van der Waals surface area contributed by atoms with Gasteiger partial charge in [-0.2, -0.15) is 0 Å². The lowest BCUT2D eigenvalue weighted by atomic mass is 9.98. The van der Waals surface area contributed by atoms with Crippen LogP contribution in [0.25, 0.3) is 22.3 Å². The monoisotopic (exact) mass is 576 g/mol. The molecule has 0 saturated carbocycles. The lowest BCUT2D eigenvalue weighted by molar-refractivity contribution is 0.255. The molecule has 0 fully saturated rings. The predicted octanol–water partition coefficient (Wildman–Crippen LogP) is 6.68. The molecule has 0 amide bonds. The van der Waals surface area contributed by atoms with Crippen molar-refractivity contribution in [2.45, 2.75) is 19.4 Å². The summed E-state index contributed by atoms with van der Waals surface area (Å²) in [5.74, 6) is 4.18. The minimum absolute atomic E-state index is 0.624. The van der Waals surface area contributed by atoms with Crippen LogP contribution in [0.15, 0.2) is 78.9 Å². The van der Waals surface area contributed by atoms with Crippen molar-refractivity contribution in [2.24, 2.45) is 0 Å². The number of ether oxygens (including phenoxy) is 4. The summed E-state index contributed by atoms with van der Waals surface area (Å²) >= 11 is 0. The molecule has 1 N–H and O–H groups in total. The molecule has 1 aliphatic heterocycles. The van der Waals surface area contributed by atoms with E-state index in [1.807, 2.05) is 42.5 Å². The third-order valence-electron chi connectivity index (χ3n) is 7.96. The fourth-order valence-electron chi connectivity index (χ4n) is 5.58. The van der Waals surface area contributed by atoms with E-state index in [0.717, 1.165) is 66.1 Å². The summed E-state index contributed by atoms with van der Waals surface area (Å²) in [5.41, 5.74) is 6.59. The van der Waals surface area contributed by atoms with E-state index in [0.29, 0.717) is 23.1 Å². The zero-order valence-electron chi connectivity index (χ0n) is 25.0. The summed E-state index contributed by atoms with van der Waals surface area (Å²) in [4.78, 5) is 12.3. The smallest absolute Gasteiger partial charge is 0.162 e. The van der Waals surface area contributed by atoms with Gasteiger partial charge in [-0.1, -0.05) is 42.5 Å². The highest BCUT2D eigenvalue weighted by Crippen LogP contribution is 2.36. The molecule has 1 aromatic heterocycles. The van der Waals surface area contributed by atoms with E-state index in [4.69, 9.17) is 28.9 Å². The Hall–Kier alpha value is -4.82. The fraction of sp³-hybridized carbons (Fsp3) is 0.257. The van der Waals surface area contributed by atoms with Gasteiger partial charge in [-0.3, -0.25) is 4.90 Å². The van der Waals surface area contributed by atoms with Gasteiger partial charge in [0.2, 0.25) is 0 Å². The highest BCUT2D eigenvalue weighted by atomic mass is 16.5. The Bertz CT molecular complexity index is 1720. The van der Waals surface area contributed by atoms with Crippen molar-refractivity contribution in [3.8, 4) is 34.4 Å². The summed E-state index contributed by atoms with van der Waals surface area (Å²) in [6, 6.07) is 26.6. The van der Waals surface area contributed by atoms with E-state index >= 15 is 0 Å². The Labute approximate surface area is 252 Å². The minimum Gasteiger partial charge on any atom is -0.493 e. The summed E-state index contributed by atoms with van der Waals surface area (Å²) < 4.78 is 22.1. The number of nitrogens with one attached hydrogen (secondary N) is 1. The molecule has 0 spiro atoms. The lowest BCUT2D eigenvalue weighted by Gasteiger charge is -2.29. The van der Waals surface area contributed by atoms with Crippen molar-refractivity contribution < 1.29 is 18.9 Å². The van der Waals surface area contributed by atoms with Crippen molar-refractivity contribution in [3.05, 3.63) is 95.6 Å². The van der Waals surface area contributed by atoms with Crippen molar-refractivity contribution >= 4 is 22.4 Å². The van der Waals surface area contributed by atoms with Gasteiger partial charge >= 0.3 is 0 Å². The Morgan fingerprint density at radius 3 is 2.07 bits per heavy atom. The van der Waals surface area contributed by atoms with E-state index in [1.54, 1.807) is 28.4 Å². The highest BCUT2D eigenvalue weighted by Gasteiger charge is 2.19. The zero-order chi connectivity index (χ0) is 29.8. The van der Waals surface area contributed by atoms with E-state index in [1.165, 1.54) is 16.7 Å². The number of rotatable bonds is 10. The van der Waals surface area contributed by atoms with Crippen LogP contribution >= 0.6 is 0 Å². The topological polar surface area (TPSA) is 78.0 Å². The average Bonchev–Trinajstić information content (AvgIpc) is 3.06. The van der Waals surface area contributed by atoms with Crippen LogP contribution in [0.4, 0.5) is 11.5 Å². The maximum Gasteiger partial charge on any atom is 0.162 e. The lowest BCUT2D eigenvalue weighted by Crippen LogP contribution is -2.32. The summed E-state index contributed by atoms with van der Waals surface area (Å²) in [5, 5.41) is 4.38. The Morgan fingerprint density at radius 1 is 0.721 bits per heavy atom. The first-order valence-electron chi connectivity index (χ1n) is 14.4. The van der Waals surface area contributed by atoms with Gasteiger partial charge in [0.05, 0.1) is 34.0 Å². The van der Waals surface area contributed by atoms with Crippen LogP contribution in [0.2, 0.25) is 0 Å². The quantitative estimate of drug-likeness (QED) is 0.197. The maximum absolute atomic E-state index is 5.57. The number of hydrogen-bond donors (Lipinski definition) is 1. The molecule has 8 nitrogen and oxygen atoms in total. The molecule has 0 aliphatic carbocycles. The van der Waals surface area contributed by atoms with Crippen LogP contribution in [-0.2, 0) is 19.4 Å². The SMILES string of the molecule is COc1cc2c(cc1OC)CN(CCc1ccc(Nc3nc(-c4ccccc4)nc4cc(OC)c(OC)cc34)cc1)CC2. The number of methoxy groups -OCH3 is 4. The molecular formula is C35H36N4O4. The van der Waals surface area contributed by atoms with E-state index < -0.39 is 0 Å². The molecule has 0 unspecified atom stereocenters. The first kappa shape index (κ1) is 28.3. The van der Waals surface area contributed by atoms with Gasteiger partial charge in [0.1, 0.15) is 5.82 Å². The predicted molar refractivity (Wildman–Crippen MR) is 170 cm³/mol. The normalized spacial score (nSPS) is 12.9. The second-order valence-electron chi connectivity index (χ2n) is 10.6. The maximum atomic E-state index is 5.57. The van der Waals surface area contributed by atoms with Crippen LogP contribution < -0.4 is 24.3 Å². The Morgan fingerprint density at radius 2 is 1.37 bits per heavy atom. The van der Waals surface area contributed by atoms with Crippen molar-refractivity contribution in [1.29, 1.82) is 0 Å². The van der Waals surface area contributed by atoms with Crippen LogP contribution in [0, 0.1) is 0 Å². The third kappa shape index (κ3) is 6.05. The van der Waals surface area contributed by atoms with Crippen LogP contribution in [-0.4, -0.2) is 56.4 Å². The molecule has 0 atom stereocenters. The summed E-state index contributed by atoms with van der Waals surface area (Å²) in [6.07, 6.45) is 1.97. The van der Waals surface area contributed by atoms with Gasteiger partial charge in [-0.15, -0.1) is 0 Å². The van der Waals surface area contributed by atoms with Gasteiger partial charge in [0, 0.05) is 42.3 Å². The van der Waals surface area contributed by atoms with E-state index in [-0.39, 0.29) is 0 Å². The Balaban J connectivity index is 1.19. The average molecular weight is 577 g/mol. The number of benzene rings is 4. The van der Waals surface area contributed by atoms with Gasteiger partial charge in [0.15, 0.2) is 28.8 Å². The molecule has 2 heterocycles. The van der Waals surface area contributed by atoms with E-state index in [2.05, 4.69) is 46.6 Å². The number of anilines is 2. The number of aromatic nitrogens is 2. The molecule has 0 bridgehead atoms. The molecule has 43 heavy (non-hydrogen) atoms. The number of fused-ring (bicyclic) bond motifs is 2. The van der Waals surface area contributed by atoms with Gasteiger partial charge in [-0.05, 0) is 59.9 Å². The molecule has 4 aromatic carbocycles. The second-order valence-corrected chi connectivity index (χ2v) is 10.6. The zero-order valence-corrected chi connectivity index (χ0v) is 25.0. The van der Waals surface area contributed by atoms with Gasteiger partial charge in [0.25, 0.3) is 0 Å². The molecule has 0 radical (unpaired) electrons. The van der Waals surface area contributed by atoms with Gasteiger partial charge < -0.3 is 24.3 Å². The second kappa shape index (κ2) is 12.6. The molecule has 0 saturated heterocycles. The third-order valence-corrected chi connectivity index (χ3v) is 7.96. The van der Waals surface area contributed by atoms with Crippen LogP contribution in [0.1, 0.15) is 16.7 Å². The molecule has 220 valence electrons. The molecule has 1 aliphatic rings.